The van der Waals surface area contributed by atoms with Crippen molar-refractivity contribution in [2.75, 3.05) is 0 Å². The molecule has 0 aliphatic heterocycles. The fourth-order valence-electron chi connectivity index (χ4n) is 3.16. The van der Waals surface area contributed by atoms with Crippen LogP contribution in [0.3, 0.4) is 0 Å². The van der Waals surface area contributed by atoms with Crippen molar-refractivity contribution in [3.05, 3.63) is 0 Å². The van der Waals surface area contributed by atoms with Crippen molar-refractivity contribution in [1.82, 2.24) is 0 Å². The summed E-state index contributed by atoms with van der Waals surface area (Å²) in [7, 11) is 0. The summed E-state index contributed by atoms with van der Waals surface area (Å²) in [6, 6.07) is 0. The van der Waals surface area contributed by atoms with Crippen LogP contribution >= 0.6 is 0 Å². The Morgan fingerprint density at radius 1 is 0.500 bits per heavy atom. The highest BCUT2D eigenvalue weighted by molar-refractivity contribution is 4.51. The fourth-order valence-corrected chi connectivity index (χ4v) is 3.16. The first-order valence-electron chi connectivity index (χ1n) is 10.5. The third-order valence-corrected chi connectivity index (χ3v) is 4.73. The van der Waals surface area contributed by atoms with E-state index in [9.17, 15) is 5.11 Å². The summed E-state index contributed by atoms with van der Waals surface area (Å²) in [5, 5.41) is 9.18. The Bertz CT molecular complexity index is 188. The summed E-state index contributed by atoms with van der Waals surface area (Å²) in [5.74, 6) is 0. The molecule has 1 atom stereocenters. The average Bonchev–Trinajstić information content (AvgIpc) is 2.50. The topological polar surface area (TPSA) is 20.2 Å². The first-order chi connectivity index (χ1) is 10.8. The van der Waals surface area contributed by atoms with Crippen molar-refractivity contribution in [3.8, 4) is 0 Å². The quantitative estimate of drug-likeness (QED) is 0.261. The van der Waals surface area contributed by atoms with Gasteiger partial charge in [-0.3, -0.25) is 0 Å². The van der Waals surface area contributed by atoms with E-state index in [4.69, 9.17) is 0 Å². The van der Waals surface area contributed by atoms with E-state index in [0.29, 0.717) is 0 Å². The molecule has 1 heteroatoms. The van der Waals surface area contributed by atoms with Crippen LogP contribution in [0.5, 0.6) is 0 Å². The van der Waals surface area contributed by atoms with Gasteiger partial charge in [-0.25, -0.2) is 0 Å². The van der Waals surface area contributed by atoms with Gasteiger partial charge in [0.1, 0.15) is 0 Å². The van der Waals surface area contributed by atoms with Crippen LogP contribution in [0.25, 0.3) is 0 Å². The molecule has 0 bridgehead atoms. The van der Waals surface area contributed by atoms with Gasteiger partial charge in [-0.1, -0.05) is 116 Å². The highest BCUT2D eigenvalue weighted by Gasteiger charge is 1.96. The second-order valence-electron chi connectivity index (χ2n) is 7.29. The monoisotopic (exact) mass is 312 g/mol. The summed E-state index contributed by atoms with van der Waals surface area (Å²) < 4.78 is 0. The third kappa shape index (κ3) is 20.0. The first-order valence-corrected chi connectivity index (χ1v) is 10.5. The van der Waals surface area contributed by atoms with Crippen LogP contribution in [0.2, 0.25) is 0 Å². The molecule has 0 spiro atoms. The summed E-state index contributed by atoms with van der Waals surface area (Å²) >= 11 is 0. The molecule has 0 rings (SSSR count). The summed E-state index contributed by atoms with van der Waals surface area (Å²) in [6.07, 6.45) is 25.0. The van der Waals surface area contributed by atoms with Crippen molar-refractivity contribution in [3.63, 3.8) is 0 Å². The number of aliphatic hydroxyl groups is 1. The van der Waals surface area contributed by atoms with E-state index in [1.165, 1.54) is 109 Å². The van der Waals surface area contributed by atoms with Crippen LogP contribution in [-0.2, 0) is 0 Å². The fraction of sp³-hybridized carbons (Fsp3) is 1.00. The Morgan fingerprint density at radius 2 is 0.773 bits per heavy atom. The molecule has 0 aliphatic carbocycles. The van der Waals surface area contributed by atoms with Crippen LogP contribution in [-0.4, -0.2) is 11.2 Å². The largest absolute Gasteiger partial charge is 0.393 e. The molecule has 134 valence electrons. The molecule has 0 fully saturated rings. The zero-order valence-electron chi connectivity index (χ0n) is 15.8. The molecule has 0 amide bonds. The molecule has 0 heterocycles. The molecule has 1 unspecified atom stereocenters. The van der Waals surface area contributed by atoms with Crippen LogP contribution in [0, 0.1) is 0 Å². The van der Waals surface area contributed by atoms with Gasteiger partial charge in [0.15, 0.2) is 0 Å². The summed E-state index contributed by atoms with van der Waals surface area (Å²) in [5.41, 5.74) is 0. The molecule has 0 aromatic heterocycles. The average molecular weight is 313 g/mol. The number of hydrogen-bond acceptors (Lipinski definition) is 1. The minimum atomic E-state index is -0.101. The normalized spacial score (nSPS) is 12.7. The number of unbranched alkanes of at least 4 members (excludes halogenated alkanes) is 16. The molecule has 0 aromatic carbocycles. The third-order valence-electron chi connectivity index (χ3n) is 4.73. The Labute approximate surface area is 141 Å². The second-order valence-corrected chi connectivity index (χ2v) is 7.29. The van der Waals surface area contributed by atoms with E-state index < -0.39 is 0 Å². The maximum absolute atomic E-state index is 9.18. The second kappa shape index (κ2) is 19.0. The van der Waals surface area contributed by atoms with E-state index in [-0.39, 0.29) is 6.10 Å². The van der Waals surface area contributed by atoms with Crippen LogP contribution < -0.4 is 0 Å². The van der Waals surface area contributed by atoms with Gasteiger partial charge in [-0.15, -0.1) is 0 Å². The highest BCUT2D eigenvalue weighted by Crippen LogP contribution is 2.14. The summed E-state index contributed by atoms with van der Waals surface area (Å²) in [4.78, 5) is 0. The zero-order valence-corrected chi connectivity index (χ0v) is 15.8. The summed E-state index contributed by atoms with van der Waals surface area (Å²) in [6.45, 7) is 4.18. The van der Waals surface area contributed by atoms with Gasteiger partial charge >= 0.3 is 0 Å². The first kappa shape index (κ1) is 22.0. The highest BCUT2D eigenvalue weighted by atomic mass is 16.3. The predicted octanol–water partition coefficient (Wildman–Crippen LogP) is 7.41. The van der Waals surface area contributed by atoms with E-state index in [1.807, 2.05) is 6.92 Å². The van der Waals surface area contributed by atoms with E-state index in [1.54, 1.807) is 0 Å². The lowest BCUT2D eigenvalue weighted by atomic mass is 10.0. The van der Waals surface area contributed by atoms with Crippen LogP contribution in [0.4, 0.5) is 0 Å². The molecule has 22 heavy (non-hydrogen) atoms. The van der Waals surface area contributed by atoms with Crippen molar-refractivity contribution in [2.24, 2.45) is 0 Å². The molecule has 0 saturated carbocycles. The SMILES string of the molecule is CCCCCCCCCCCCCCCCCCCC(C)O. The molecule has 0 saturated heterocycles. The minimum Gasteiger partial charge on any atom is -0.393 e. The number of aliphatic hydroxyl groups excluding tert-OH is 1. The molecule has 0 aliphatic rings. The molecule has 0 aromatic rings. The van der Waals surface area contributed by atoms with Gasteiger partial charge < -0.3 is 5.11 Å². The molecule has 1 nitrogen and oxygen atoms in total. The standard InChI is InChI=1S/C21H44O/c1-3-4-5-6-7-8-9-10-11-12-13-14-15-16-17-18-19-20-21(2)22/h21-22H,3-20H2,1-2H3. The number of hydrogen-bond donors (Lipinski definition) is 1. The van der Waals surface area contributed by atoms with Gasteiger partial charge in [0, 0.05) is 0 Å². The van der Waals surface area contributed by atoms with Gasteiger partial charge in [-0.05, 0) is 13.3 Å². The lowest BCUT2D eigenvalue weighted by Gasteiger charge is -2.04. The lowest BCUT2D eigenvalue weighted by molar-refractivity contribution is 0.180. The van der Waals surface area contributed by atoms with Crippen LogP contribution in [0.15, 0.2) is 0 Å². The van der Waals surface area contributed by atoms with E-state index in [2.05, 4.69) is 6.92 Å². The van der Waals surface area contributed by atoms with Crippen molar-refractivity contribution < 1.29 is 5.11 Å². The maximum Gasteiger partial charge on any atom is 0.0512 e. The Hall–Kier alpha value is -0.0400. The smallest absolute Gasteiger partial charge is 0.0512 e. The van der Waals surface area contributed by atoms with Gasteiger partial charge in [0.25, 0.3) is 0 Å². The van der Waals surface area contributed by atoms with Crippen molar-refractivity contribution in [1.29, 1.82) is 0 Å². The maximum atomic E-state index is 9.18. The Kier molecular flexibility index (Phi) is 19.0. The Morgan fingerprint density at radius 3 is 1.05 bits per heavy atom. The van der Waals surface area contributed by atoms with Gasteiger partial charge in [0.05, 0.1) is 6.10 Å². The lowest BCUT2D eigenvalue weighted by Crippen LogP contribution is -1.98. The Balaban J connectivity index is 2.94. The zero-order chi connectivity index (χ0) is 16.3. The van der Waals surface area contributed by atoms with Gasteiger partial charge in [-0.2, -0.15) is 0 Å². The number of rotatable bonds is 18. The van der Waals surface area contributed by atoms with E-state index >= 15 is 0 Å². The van der Waals surface area contributed by atoms with Crippen LogP contribution in [0.1, 0.15) is 129 Å². The predicted molar refractivity (Wildman–Crippen MR) is 100 cm³/mol. The molecule has 0 radical (unpaired) electrons. The minimum absolute atomic E-state index is 0.101. The van der Waals surface area contributed by atoms with Crippen molar-refractivity contribution >= 4 is 0 Å². The van der Waals surface area contributed by atoms with Gasteiger partial charge in [0.2, 0.25) is 0 Å². The van der Waals surface area contributed by atoms with Crippen molar-refractivity contribution in [2.45, 2.75) is 136 Å². The van der Waals surface area contributed by atoms with E-state index in [0.717, 1.165) is 6.42 Å². The molecule has 1 N–H and O–H groups in total. The molecular formula is C21H44O. The molecular weight excluding hydrogens is 268 g/mol.